The lowest BCUT2D eigenvalue weighted by molar-refractivity contribution is 0.100. The molecule has 2 aromatic rings. The van der Waals surface area contributed by atoms with Crippen molar-refractivity contribution in [1.29, 1.82) is 0 Å². The summed E-state index contributed by atoms with van der Waals surface area (Å²) in [5, 5.41) is 4.93. The third-order valence-electron chi connectivity index (χ3n) is 2.56. The zero-order valence-corrected chi connectivity index (χ0v) is 12.4. The molecule has 1 aromatic heterocycles. The second kappa shape index (κ2) is 6.27. The maximum Gasteiger partial charge on any atom is 0.249 e. The summed E-state index contributed by atoms with van der Waals surface area (Å²) in [6.07, 6.45) is 0. The topological polar surface area (TPSA) is 55.1 Å². The Morgan fingerprint density at radius 2 is 2.16 bits per heavy atom. The van der Waals surface area contributed by atoms with Gasteiger partial charge in [0.2, 0.25) is 5.91 Å². The maximum atomic E-state index is 13.1. The van der Waals surface area contributed by atoms with E-state index in [1.807, 2.05) is 0 Å². The number of benzene rings is 1. The quantitative estimate of drug-likeness (QED) is 0.877. The lowest BCUT2D eigenvalue weighted by Crippen LogP contribution is -2.13. The van der Waals surface area contributed by atoms with Gasteiger partial charge in [-0.2, -0.15) is 0 Å². The van der Waals surface area contributed by atoms with Crippen molar-refractivity contribution in [2.75, 3.05) is 0 Å². The van der Waals surface area contributed by atoms with Crippen LogP contribution in [-0.4, -0.2) is 5.91 Å². The minimum atomic E-state index is -0.421. The molecule has 3 N–H and O–H groups in total. The molecule has 6 heteroatoms. The number of carbonyl (C=O) groups excluding carboxylic acids is 1. The average Bonchev–Trinajstić information content (AvgIpc) is 2.82. The Labute approximate surface area is 122 Å². The van der Waals surface area contributed by atoms with Crippen LogP contribution in [0.3, 0.4) is 0 Å². The monoisotopic (exact) mass is 342 g/mol. The lowest BCUT2D eigenvalue weighted by atomic mass is 10.2. The highest BCUT2D eigenvalue weighted by molar-refractivity contribution is 9.10. The fourth-order valence-electron chi connectivity index (χ4n) is 1.60. The minimum absolute atomic E-state index is 0.257. The maximum absolute atomic E-state index is 13.1. The number of primary amides is 1. The predicted octanol–water partition coefficient (Wildman–Crippen LogP) is 3.04. The largest absolute Gasteiger partial charge is 0.366 e. The highest BCUT2D eigenvalue weighted by atomic mass is 79.9. The molecule has 0 radical (unpaired) electrons. The molecule has 19 heavy (non-hydrogen) atoms. The summed E-state index contributed by atoms with van der Waals surface area (Å²) in [6.45, 7) is 1.16. The average molecular weight is 343 g/mol. The normalized spacial score (nSPS) is 10.6. The number of rotatable bonds is 5. The fraction of sp³-hybridized carbons (Fsp3) is 0.154. The van der Waals surface area contributed by atoms with Gasteiger partial charge in [0.15, 0.2) is 0 Å². The van der Waals surface area contributed by atoms with E-state index < -0.39 is 5.91 Å². The number of nitrogens with one attached hydrogen (secondary N) is 1. The molecule has 0 saturated carbocycles. The number of amides is 1. The summed E-state index contributed by atoms with van der Waals surface area (Å²) in [5.74, 6) is -0.678. The molecule has 0 aliphatic carbocycles. The van der Waals surface area contributed by atoms with Gasteiger partial charge in [0.25, 0.3) is 0 Å². The third-order valence-corrected chi connectivity index (χ3v) is 4.27. The molecule has 0 unspecified atom stereocenters. The van der Waals surface area contributed by atoms with Crippen molar-refractivity contribution < 1.29 is 9.18 Å². The van der Waals surface area contributed by atoms with E-state index in [-0.39, 0.29) is 5.82 Å². The van der Waals surface area contributed by atoms with Gasteiger partial charge in [-0.15, -0.1) is 11.3 Å². The Balaban J connectivity index is 1.92. The Morgan fingerprint density at radius 1 is 1.37 bits per heavy atom. The molecule has 0 saturated heterocycles. The van der Waals surface area contributed by atoms with Gasteiger partial charge in [0.1, 0.15) is 5.82 Å². The molecular weight excluding hydrogens is 331 g/mol. The van der Waals surface area contributed by atoms with E-state index in [2.05, 4.69) is 21.2 Å². The van der Waals surface area contributed by atoms with Crippen LogP contribution in [0, 0.1) is 5.82 Å². The Morgan fingerprint density at radius 3 is 2.84 bits per heavy atom. The van der Waals surface area contributed by atoms with E-state index in [1.165, 1.54) is 23.5 Å². The Kier molecular flexibility index (Phi) is 4.68. The van der Waals surface area contributed by atoms with Gasteiger partial charge in [0.05, 0.1) is 5.56 Å². The first-order valence-corrected chi connectivity index (χ1v) is 7.25. The fourth-order valence-corrected chi connectivity index (χ4v) is 2.83. The van der Waals surface area contributed by atoms with Crippen LogP contribution in [0.1, 0.15) is 20.8 Å². The van der Waals surface area contributed by atoms with E-state index >= 15 is 0 Å². The van der Waals surface area contributed by atoms with Crippen molar-refractivity contribution in [3.05, 3.63) is 55.9 Å². The molecular formula is C13H12BrFN2OS. The molecule has 1 amide bonds. The van der Waals surface area contributed by atoms with Gasteiger partial charge in [-0.25, -0.2) is 4.39 Å². The molecule has 100 valence electrons. The van der Waals surface area contributed by atoms with Crippen molar-refractivity contribution in [2.24, 2.45) is 5.73 Å². The van der Waals surface area contributed by atoms with Crippen LogP contribution in [0.2, 0.25) is 0 Å². The van der Waals surface area contributed by atoms with Crippen molar-refractivity contribution in [2.45, 2.75) is 13.1 Å². The first-order valence-electron chi connectivity index (χ1n) is 5.58. The lowest BCUT2D eigenvalue weighted by Gasteiger charge is -2.06. The number of carbonyl (C=O) groups is 1. The molecule has 0 bridgehead atoms. The van der Waals surface area contributed by atoms with Crippen molar-refractivity contribution in [1.82, 2.24) is 5.32 Å². The molecule has 0 fully saturated rings. The number of nitrogens with two attached hydrogens (primary N) is 1. The predicted molar refractivity (Wildman–Crippen MR) is 77.5 cm³/mol. The van der Waals surface area contributed by atoms with E-state index in [4.69, 9.17) is 5.73 Å². The molecule has 0 spiro atoms. The van der Waals surface area contributed by atoms with Gasteiger partial charge < -0.3 is 11.1 Å². The smallest absolute Gasteiger partial charge is 0.249 e. The standard InChI is InChI=1S/C13H12BrFN2OS/c14-12-2-1-10(15)3-8(12)5-17-6-11-4-9(7-19-11)13(16)18/h1-4,7,17H,5-6H2,(H2,16,18). The van der Waals surface area contributed by atoms with Crippen LogP contribution in [0.5, 0.6) is 0 Å². The van der Waals surface area contributed by atoms with Crippen LogP contribution in [-0.2, 0) is 13.1 Å². The summed E-state index contributed by atoms with van der Waals surface area (Å²) < 4.78 is 14.0. The van der Waals surface area contributed by atoms with Crippen molar-refractivity contribution >= 4 is 33.2 Å². The zero-order chi connectivity index (χ0) is 13.8. The van der Waals surface area contributed by atoms with Crippen LogP contribution >= 0.6 is 27.3 Å². The summed E-state index contributed by atoms with van der Waals surface area (Å²) in [6, 6.07) is 6.34. The highest BCUT2D eigenvalue weighted by Gasteiger charge is 2.05. The van der Waals surface area contributed by atoms with Crippen molar-refractivity contribution in [3.63, 3.8) is 0 Å². The van der Waals surface area contributed by atoms with Crippen LogP contribution in [0.4, 0.5) is 4.39 Å². The molecule has 0 aliphatic heterocycles. The molecule has 2 rings (SSSR count). The third kappa shape index (κ3) is 3.86. The summed E-state index contributed by atoms with van der Waals surface area (Å²) in [5.41, 5.74) is 6.56. The van der Waals surface area contributed by atoms with Gasteiger partial charge in [-0.1, -0.05) is 15.9 Å². The summed E-state index contributed by atoms with van der Waals surface area (Å²) in [4.78, 5) is 12.0. The second-order valence-electron chi connectivity index (χ2n) is 4.01. The Bertz CT molecular complexity index is 600. The molecule has 0 atom stereocenters. The highest BCUT2D eigenvalue weighted by Crippen LogP contribution is 2.18. The summed E-state index contributed by atoms with van der Waals surface area (Å²) in [7, 11) is 0. The number of halogens is 2. The van der Waals surface area contributed by atoms with Gasteiger partial charge in [-0.3, -0.25) is 4.79 Å². The first-order chi connectivity index (χ1) is 9.06. The second-order valence-corrected chi connectivity index (χ2v) is 5.86. The van der Waals surface area contributed by atoms with E-state index in [9.17, 15) is 9.18 Å². The van der Waals surface area contributed by atoms with Crippen molar-refractivity contribution in [3.8, 4) is 0 Å². The number of hydrogen-bond acceptors (Lipinski definition) is 3. The van der Waals surface area contributed by atoms with Crippen LogP contribution < -0.4 is 11.1 Å². The van der Waals surface area contributed by atoms with Gasteiger partial charge >= 0.3 is 0 Å². The van der Waals surface area contributed by atoms with Crippen LogP contribution in [0.25, 0.3) is 0 Å². The molecule has 0 aliphatic rings. The van der Waals surface area contributed by atoms with Crippen LogP contribution in [0.15, 0.2) is 34.1 Å². The van der Waals surface area contributed by atoms with Gasteiger partial charge in [0, 0.05) is 27.8 Å². The minimum Gasteiger partial charge on any atom is -0.366 e. The van der Waals surface area contributed by atoms with Gasteiger partial charge in [-0.05, 0) is 29.8 Å². The Hall–Kier alpha value is -1.24. The molecule has 1 aromatic carbocycles. The zero-order valence-electron chi connectivity index (χ0n) is 9.95. The summed E-state index contributed by atoms with van der Waals surface area (Å²) >= 11 is 4.85. The molecule has 1 heterocycles. The van der Waals surface area contributed by atoms with E-state index in [0.29, 0.717) is 18.7 Å². The first kappa shape index (κ1) is 14.2. The SMILES string of the molecule is NC(=O)c1csc(CNCc2cc(F)ccc2Br)c1. The number of thiophene rings is 1. The van der Waals surface area contributed by atoms with E-state index in [0.717, 1.165) is 14.9 Å². The number of hydrogen-bond donors (Lipinski definition) is 2. The van der Waals surface area contributed by atoms with E-state index in [1.54, 1.807) is 17.5 Å². The molecule has 3 nitrogen and oxygen atoms in total.